The third-order valence-electron chi connectivity index (χ3n) is 3.65. The summed E-state index contributed by atoms with van der Waals surface area (Å²) in [6.07, 6.45) is -0.366. The summed E-state index contributed by atoms with van der Waals surface area (Å²) < 4.78 is 13.4. The number of carbonyl (C=O) groups excluding carboxylic acids is 1. The van der Waals surface area contributed by atoms with Crippen molar-refractivity contribution >= 4 is 11.5 Å². The molecule has 106 valence electrons. The normalized spacial score (nSPS) is 21.4. The van der Waals surface area contributed by atoms with E-state index >= 15 is 0 Å². The second-order valence-electron chi connectivity index (χ2n) is 4.97. The molecule has 21 heavy (non-hydrogen) atoms. The minimum Gasteiger partial charge on any atom is -0.298 e. The molecule has 0 radical (unpaired) electrons. The van der Waals surface area contributed by atoms with Crippen LogP contribution in [-0.4, -0.2) is 24.7 Å². The summed E-state index contributed by atoms with van der Waals surface area (Å²) >= 11 is 0. The van der Waals surface area contributed by atoms with E-state index in [2.05, 4.69) is 10.3 Å². The van der Waals surface area contributed by atoms with Gasteiger partial charge in [-0.2, -0.15) is 0 Å². The molecule has 3 nitrogen and oxygen atoms in total. The van der Waals surface area contributed by atoms with E-state index in [1.54, 1.807) is 19.2 Å². The number of Topliss-reactive ketones (excluding diaryl/α,β-unsaturated/α-hetero) is 1. The van der Waals surface area contributed by atoms with Crippen molar-refractivity contribution in [3.05, 3.63) is 71.5 Å². The predicted molar refractivity (Wildman–Crippen MR) is 80.0 cm³/mol. The molecule has 2 aromatic carbocycles. The topological polar surface area (TPSA) is 41.5 Å². The molecule has 0 fully saturated rings. The Balaban J connectivity index is 2.00. The van der Waals surface area contributed by atoms with Crippen LogP contribution < -0.4 is 5.32 Å². The fourth-order valence-corrected chi connectivity index (χ4v) is 2.65. The molecule has 0 saturated heterocycles. The quantitative estimate of drug-likeness (QED) is 0.940. The van der Waals surface area contributed by atoms with E-state index in [0.29, 0.717) is 11.3 Å². The Kier molecular flexibility index (Phi) is 3.62. The van der Waals surface area contributed by atoms with Crippen molar-refractivity contribution in [2.24, 2.45) is 4.99 Å². The van der Waals surface area contributed by atoms with Crippen molar-refractivity contribution in [2.75, 3.05) is 7.05 Å². The van der Waals surface area contributed by atoms with Crippen molar-refractivity contribution in [2.45, 2.75) is 12.1 Å². The first-order valence-corrected chi connectivity index (χ1v) is 6.81. The van der Waals surface area contributed by atoms with Crippen LogP contribution >= 0.6 is 0 Å². The van der Waals surface area contributed by atoms with E-state index in [1.165, 1.54) is 12.1 Å². The first-order valence-electron chi connectivity index (χ1n) is 6.81. The van der Waals surface area contributed by atoms with Gasteiger partial charge in [-0.05, 0) is 24.7 Å². The summed E-state index contributed by atoms with van der Waals surface area (Å²) in [4.78, 5) is 17.2. The number of ketones is 1. The molecule has 0 amide bonds. The van der Waals surface area contributed by atoms with Crippen LogP contribution in [0, 0.1) is 5.82 Å². The molecule has 4 heteroatoms. The summed E-state index contributed by atoms with van der Waals surface area (Å²) in [5.74, 6) is -0.907. The molecule has 0 spiro atoms. The minimum absolute atomic E-state index is 0.0776. The smallest absolute Gasteiger partial charge is 0.192 e. The van der Waals surface area contributed by atoms with Gasteiger partial charge in [0.1, 0.15) is 17.7 Å². The Labute approximate surface area is 122 Å². The van der Waals surface area contributed by atoms with E-state index in [1.807, 2.05) is 30.3 Å². The van der Waals surface area contributed by atoms with Crippen LogP contribution in [0.5, 0.6) is 0 Å². The summed E-state index contributed by atoms with van der Waals surface area (Å²) in [5.41, 5.74) is 1.89. The maximum absolute atomic E-state index is 13.4. The van der Waals surface area contributed by atoms with E-state index in [9.17, 15) is 9.18 Å². The molecule has 0 bridgehead atoms. The molecule has 2 aromatic rings. The molecule has 2 atom stereocenters. The van der Waals surface area contributed by atoms with Crippen molar-refractivity contribution in [1.29, 1.82) is 0 Å². The van der Waals surface area contributed by atoms with Crippen molar-refractivity contribution in [1.82, 2.24) is 5.32 Å². The second kappa shape index (κ2) is 5.58. The van der Waals surface area contributed by atoms with Gasteiger partial charge in [-0.1, -0.05) is 42.5 Å². The lowest BCUT2D eigenvalue weighted by Gasteiger charge is -2.16. The molecular weight excluding hydrogens is 267 g/mol. The van der Waals surface area contributed by atoms with Gasteiger partial charge in [-0.25, -0.2) is 4.39 Å². The lowest BCUT2D eigenvalue weighted by Crippen LogP contribution is -2.30. The largest absolute Gasteiger partial charge is 0.298 e. The fraction of sp³-hybridized carbons (Fsp3) is 0.176. The number of likely N-dealkylation sites (N-methyl/N-ethyl adjacent to an activating group) is 1. The number of nitrogens with one attached hydrogen (secondary N) is 1. The molecule has 3 rings (SSSR count). The van der Waals surface area contributed by atoms with Gasteiger partial charge < -0.3 is 0 Å². The maximum Gasteiger partial charge on any atom is 0.192 e. The number of hydrogen-bond acceptors (Lipinski definition) is 3. The number of rotatable bonds is 3. The van der Waals surface area contributed by atoms with Gasteiger partial charge in [-0.3, -0.25) is 15.1 Å². The van der Waals surface area contributed by atoms with Crippen LogP contribution in [0.15, 0.2) is 59.6 Å². The molecule has 0 aliphatic carbocycles. The SMILES string of the molecule is CNC1N=C(c2ccccc2)C(=O)C1c1cccc(F)c1. The van der Waals surface area contributed by atoms with Crippen molar-refractivity contribution < 1.29 is 9.18 Å². The Bertz CT molecular complexity index is 697. The van der Waals surface area contributed by atoms with Crippen LogP contribution in [0.25, 0.3) is 0 Å². The third kappa shape index (κ3) is 2.50. The number of carbonyl (C=O) groups is 1. The van der Waals surface area contributed by atoms with Crippen LogP contribution in [0.3, 0.4) is 0 Å². The zero-order valence-electron chi connectivity index (χ0n) is 11.6. The van der Waals surface area contributed by atoms with Gasteiger partial charge in [0, 0.05) is 5.56 Å². The van der Waals surface area contributed by atoms with Gasteiger partial charge in [-0.15, -0.1) is 0 Å². The molecular formula is C17H15FN2O. The van der Waals surface area contributed by atoms with Crippen LogP contribution in [0.4, 0.5) is 4.39 Å². The van der Waals surface area contributed by atoms with E-state index < -0.39 is 5.92 Å². The van der Waals surface area contributed by atoms with Crippen LogP contribution in [0.1, 0.15) is 17.0 Å². The zero-order chi connectivity index (χ0) is 14.8. The van der Waals surface area contributed by atoms with Gasteiger partial charge in [0.15, 0.2) is 5.78 Å². The average molecular weight is 282 g/mol. The van der Waals surface area contributed by atoms with Gasteiger partial charge >= 0.3 is 0 Å². The third-order valence-corrected chi connectivity index (χ3v) is 3.65. The standard InChI is InChI=1S/C17H15FN2O/c1-19-17-14(12-8-5-9-13(18)10-12)16(21)15(20-17)11-6-3-2-4-7-11/h2-10,14,17,19H,1H3. The Morgan fingerprint density at radius 2 is 1.86 bits per heavy atom. The molecule has 1 aliphatic rings. The average Bonchev–Trinajstić information content (AvgIpc) is 2.85. The number of halogens is 1. The lowest BCUT2D eigenvalue weighted by molar-refractivity contribution is -0.114. The molecule has 0 saturated carbocycles. The molecule has 1 heterocycles. The van der Waals surface area contributed by atoms with E-state index in [-0.39, 0.29) is 17.8 Å². The summed E-state index contributed by atoms with van der Waals surface area (Å²) in [6.45, 7) is 0. The first-order chi connectivity index (χ1) is 10.2. The Morgan fingerprint density at radius 3 is 2.52 bits per heavy atom. The molecule has 1 aliphatic heterocycles. The molecule has 2 unspecified atom stereocenters. The summed E-state index contributed by atoms with van der Waals surface area (Å²) in [7, 11) is 1.75. The van der Waals surface area contributed by atoms with E-state index in [4.69, 9.17) is 0 Å². The lowest BCUT2D eigenvalue weighted by atomic mass is 9.90. The van der Waals surface area contributed by atoms with Gasteiger partial charge in [0.2, 0.25) is 0 Å². The monoisotopic (exact) mass is 282 g/mol. The summed E-state index contributed by atoms with van der Waals surface area (Å²) in [5, 5.41) is 3.03. The number of hydrogen-bond donors (Lipinski definition) is 1. The maximum atomic E-state index is 13.4. The van der Waals surface area contributed by atoms with Gasteiger partial charge in [0.05, 0.1) is 5.92 Å². The number of benzene rings is 2. The zero-order valence-corrected chi connectivity index (χ0v) is 11.6. The highest BCUT2D eigenvalue weighted by atomic mass is 19.1. The minimum atomic E-state index is -0.485. The highest BCUT2D eigenvalue weighted by Crippen LogP contribution is 2.29. The molecule has 1 N–H and O–H groups in total. The second-order valence-corrected chi connectivity index (χ2v) is 4.97. The predicted octanol–water partition coefficient (Wildman–Crippen LogP) is 2.53. The number of aliphatic imine (C=N–C) groups is 1. The Morgan fingerprint density at radius 1 is 1.10 bits per heavy atom. The highest BCUT2D eigenvalue weighted by Gasteiger charge is 2.38. The molecule has 0 aromatic heterocycles. The number of nitrogens with zero attached hydrogens (tertiary/aromatic N) is 1. The Hall–Kier alpha value is -2.33. The van der Waals surface area contributed by atoms with Crippen molar-refractivity contribution in [3.63, 3.8) is 0 Å². The highest BCUT2D eigenvalue weighted by molar-refractivity contribution is 6.49. The first kappa shape index (κ1) is 13.6. The summed E-state index contributed by atoms with van der Waals surface area (Å²) in [6, 6.07) is 15.5. The fourth-order valence-electron chi connectivity index (χ4n) is 2.65. The van der Waals surface area contributed by atoms with Gasteiger partial charge in [0.25, 0.3) is 0 Å². The van der Waals surface area contributed by atoms with Crippen LogP contribution in [0.2, 0.25) is 0 Å². The van der Waals surface area contributed by atoms with E-state index in [0.717, 1.165) is 5.56 Å². The van der Waals surface area contributed by atoms with Crippen molar-refractivity contribution in [3.8, 4) is 0 Å². The van der Waals surface area contributed by atoms with Crippen LogP contribution in [-0.2, 0) is 4.79 Å².